The van der Waals surface area contributed by atoms with Crippen LogP contribution in [0.2, 0.25) is 0 Å². The van der Waals surface area contributed by atoms with E-state index in [4.69, 9.17) is 9.47 Å². The molecule has 0 aliphatic carbocycles. The summed E-state index contributed by atoms with van der Waals surface area (Å²) in [6.07, 6.45) is 2.50. The zero-order valence-electron chi connectivity index (χ0n) is 9.58. The van der Waals surface area contributed by atoms with E-state index < -0.39 is 11.7 Å². The lowest BCUT2D eigenvalue weighted by molar-refractivity contribution is -0.153. The second-order valence-electron chi connectivity index (χ2n) is 3.86. The van der Waals surface area contributed by atoms with Gasteiger partial charge in [-0.15, -0.1) is 11.8 Å². The molecule has 0 aromatic heterocycles. The van der Waals surface area contributed by atoms with Crippen molar-refractivity contribution in [2.75, 3.05) is 20.3 Å². The van der Waals surface area contributed by atoms with Gasteiger partial charge in [-0.2, -0.15) is 0 Å². The molecule has 0 bridgehead atoms. The number of ether oxygens (including phenoxy) is 2. The van der Waals surface area contributed by atoms with Gasteiger partial charge in [0.25, 0.3) is 0 Å². The fourth-order valence-electron chi connectivity index (χ4n) is 1.99. The molecular formula is C12H20O3. The Labute approximate surface area is 91.8 Å². The Morgan fingerprint density at radius 2 is 2.13 bits per heavy atom. The summed E-state index contributed by atoms with van der Waals surface area (Å²) in [5, 5.41) is 10.1. The van der Waals surface area contributed by atoms with E-state index in [1.54, 1.807) is 7.11 Å². The quantitative estimate of drug-likeness (QED) is 0.715. The molecule has 0 radical (unpaired) electrons. The highest BCUT2D eigenvalue weighted by Gasteiger charge is 2.39. The van der Waals surface area contributed by atoms with Crippen LogP contribution in [-0.4, -0.2) is 37.1 Å². The van der Waals surface area contributed by atoms with Gasteiger partial charge in [0.1, 0.15) is 0 Å². The molecule has 1 N–H and O–H groups in total. The predicted octanol–water partition coefficient (Wildman–Crippen LogP) is 1.35. The Balaban J connectivity index is 2.50. The Kier molecular flexibility index (Phi) is 5.10. The molecule has 1 aliphatic rings. The zero-order chi connectivity index (χ0) is 11.1. The smallest absolute Gasteiger partial charge is 0.0980 e. The standard InChI is InChI=1S/C12H20O3/c1-3-4-5-6-11(13)12(14-2)7-9-15-10-8-12/h11,13H,5-10H2,1-2H3. The maximum atomic E-state index is 10.1. The molecule has 1 aliphatic heterocycles. The summed E-state index contributed by atoms with van der Waals surface area (Å²) in [6, 6.07) is 0. The number of aliphatic hydroxyl groups excluding tert-OH is 1. The highest BCUT2D eigenvalue weighted by atomic mass is 16.5. The van der Waals surface area contributed by atoms with E-state index in [2.05, 4.69) is 11.8 Å². The summed E-state index contributed by atoms with van der Waals surface area (Å²) in [5.74, 6) is 5.79. The van der Waals surface area contributed by atoms with Gasteiger partial charge < -0.3 is 14.6 Å². The summed E-state index contributed by atoms with van der Waals surface area (Å²) in [7, 11) is 1.67. The van der Waals surface area contributed by atoms with Crippen molar-refractivity contribution in [1.82, 2.24) is 0 Å². The molecule has 0 spiro atoms. The van der Waals surface area contributed by atoms with E-state index in [1.807, 2.05) is 6.92 Å². The zero-order valence-corrected chi connectivity index (χ0v) is 9.58. The SMILES string of the molecule is CC#CCCC(O)C1(OC)CCOCC1. The minimum Gasteiger partial charge on any atom is -0.390 e. The predicted molar refractivity (Wildman–Crippen MR) is 58.5 cm³/mol. The van der Waals surface area contributed by atoms with Crippen LogP contribution in [0.15, 0.2) is 0 Å². The number of rotatable bonds is 4. The number of aliphatic hydroxyl groups is 1. The summed E-state index contributed by atoms with van der Waals surface area (Å²) >= 11 is 0. The van der Waals surface area contributed by atoms with E-state index in [0.29, 0.717) is 19.6 Å². The van der Waals surface area contributed by atoms with E-state index in [1.165, 1.54) is 0 Å². The van der Waals surface area contributed by atoms with Gasteiger partial charge in [0.2, 0.25) is 0 Å². The average Bonchev–Trinajstić information content (AvgIpc) is 2.30. The molecule has 0 saturated carbocycles. The lowest BCUT2D eigenvalue weighted by Gasteiger charge is -2.39. The largest absolute Gasteiger partial charge is 0.390 e. The summed E-state index contributed by atoms with van der Waals surface area (Å²) in [5.41, 5.74) is -0.409. The first-order valence-corrected chi connectivity index (χ1v) is 5.46. The van der Waals surface area contributed by atoms with Crippen LogP contribution in [0.3, 0.4) is 0 Å². The topological polar surface area (TPSA) is 38.7 Å². The van der Waals surface area contributed by atoms with Crippen LogP contribution in [0.4, 0.5) is 0 Å². The van der Waals surface area contributed by atoms with Crippen LogP contribution in [0.1, 0.15) is 32.6 Å². The molecule has 3 heteroatoms. The maximum Gasteiger partial charge on any atom is 0.0980 e. The van der Waals surface area contributed by atoms with Crippen molar-refractivity contribution in [3.63, 3.8) is 0 Å². The van der Waals surface area contributed by atoms with Crippen molar-refractivity contribution in [2.45, 2.75) is 44.3 Å². The second kappa shape index (κ2) is 6.12. The monoisotopic (exact) mass is 212 g/mol. The highest BCUT2D eigenvalue weighted by molar-refractivity contribution is 4.98. The maximum absolute atomic E-state index is 10.1. The third-order valence-electron chi connectivity index (χ3n) is 3.07. The lowest BCUT2D eigenvalue weighted by Crippen LogP contribution is -2.48. The van der Waals surface area contributed by atoms with E-state index in [-0.39, 0.29) is 0 Å². The Morgan fingerprint density at radius 3 is 2.67 bits per heavy atom. The average molecular weight is 212 g/mol. The van der Waals surface area contributed by atoms with Crippen LogP contribution in [0.25, 0.3) is 0 Å². The van der Waals surface area contributed by atoms with Crippen molar-refractivity contribution in [1.29, 1.82) is 0 Å². The third-order valence-corrected chi connectivity index (χ3v) is 3.07. The van der Waals surface area contributed by atoms with Crippen molar-refractivity contribution in [2.24, 2.45) is 0 Å². The minimum atomic E-state index is -0.438. The highest BCUT2D eigenvalue weighted by Crippen LogP contribution is 2.30. The van der Waals surface area contributed by atoms with Gasteiger partial charge >= 0.3 is 0 Å². The number of methoxy groups -OCH3 is 1. The van der Waals surface area contributed by atoms with Crippen molar-refractivity contribution in [3.8, 4) is 11.8 Å². The molecule has 1 atom stereocenters. The molecule has 0 amide bonds. The molecule has 1 heterocycles. The van der Waals surface area contributed by atoms with Gasteiger partial charge in [-0.05, 0) is 13.3 Å². The van der Waals surface area contributed by atoms with Gasteiger partial charge in [-0.1, -0.05) is 0 Å². The molecule has 0 aromatic rings. The van der Waals surface area contributed by atoms with Gasteiger partial charge in [-0.3, -0.25) is 0 Å². The van der Waals surface area contributed by atoms with Gasteiger partial charge in [0.05, 0.1) is 11.7 Å². The van der Waals surface area contributed by atoms with Crippen LogP contribution < -0.4 is 0 Å². The Hall–Kier alpha value is -0.560. The lowest BCUT2D eigenvalue weighted by atomic mass is 9.85. The molecule has 0 aromatic carbocycles. The number of hydrogen-bond donors (Lipinski definition) is 1. The van der Waals surface area contributed by atoms with Gasteiger partial charge in [-0.25, -0.2) is 0 Å². The molecule has 1 saturated heterocycles. The second-order valence-corrected chi connectivity index (χ2v) is 3.86. The van der Waals surface area contributed by atoms with E-state index in [0.717, 1.165) is 19.3 Å². The molecular weight excluding hydrogens is 192 g/mol. The van der Waals surface area contributed by atoms with Gasteiger partial charge in [0.15, 0.2) is 0 Å². The molecule has 1 unspecified atom stereocenters. The normalized spacial score (nSPS) is 21.5. The fourth-order valence-corrected chi connectivity index (χ4v) is 1.99. The first-order valence-electron chi connectivity index (χ1n) is 5.46. The summed E-state index contributed by atoms with van der Waals surface area (Å²) in [6.45, 7) is 3.15. The summed E-state index contributed by atoms with van der Waals surface area (Å²) < 4.78 is 10.8. The van der Waals surface area contributed by atoms with E-state index in [9.17, 15) is 5.11 Å². The Bertz CT molecular complexity index is 233. The number of hydrogen-bond acceptors (Lipinski definition) is 3. The molecule has 3 nitrogen and oxygen atoms in total. The molecule has 1 rings (SSSR count). The molecule has 1 fully saturated rings. The first-order chi connectivity index (χ1) is 7.25. The van der Waals surface area contributed by atoms with Crippen LogP contribution >= 0.6 is 0 Å². The van der Waals surface area contributed by atoms with Crippen molar-refractivity contribution >= 4 is 0 Å². The molecule has 86 valence electrons. The van der Waals surface area contributed by atoms with Gasteiger partial charge in [0, 0.05) is 39.6 Å². The van der Waals surface area contributed by atoms with Crippen molar-refractivity contribution < 1.29 is 14.6 Å². The third kappa shape index (κ3) is 3.20. The van der Waals surface area contributed by atoms with Crippen LogP contribution in [-0.2, 0) is 9.47 Å². The minimum absolute atomic E-state index is 0.409. The van der Waals surface area contributed by atoms with Crippen LogP contribution in [0.5, 0.6) is 0 Å². The first kappa shape index (κ1) is 12.5. The summed E-state index contributed by atoms with van der Waals surface area (Å²) in [4.78, 5) is 0. The van der Waals surface area contributed by atoms with E-state index >= 15 is 0 Å². The fraction of sp³-hybridized carbons (Fsp3) is 0.833. The van der Waals surface area contributed by atoms with Crippen LogP contribution in [0, 0.1) is 11.8 Å². The molecule has 15 heavy (non-hydrogen) atoms. The van der Waals surface area contributed by atoms with Crippen molar-refractivity contribution in [3.05, 3.63) is 0 Å². The Morgan fingerprint density at radius 1 is 1.47 bits per heavy atom.